The number of ether oxygens (including phenoxy) is 2. The van der Waals surface area contributed by atoms with Gasteiger partial charge in [-0.15, -0.1) is 0 Å². The fourth-order valence-electron chi connectivity index (χ4n) is 2.11. The van der Waals surface area contributed by atoms with Crippen molar-refractivity contribution in [2.75, 3.05) is 0 Å². The fraction of sp³-hybridized carbons (Fsp3) is 0.190. The second-order valence-corrected chi connectivity index (χ2v) is 8.33. The maximum Gasteiger partial charge on any atom is 0.428 e. The number of ketones is 1. The van der Waals surface area contributed by atoms with Crippen LogP contribution in [0.15, 0.2) is 60.7 Å². The molecule has 2 aromatic carbocycles. The highest BCUT2D eigenvalue weighted by molar-refractivity contribution is 6.45. The molecule has 2 aromatic rings. The number of rotatable bonds is 10. The van der Waals surface area contributed by atoms with E-state index in [0.29, 0.717) is 11.1 Å². The molecule has 11 heteroatoms. The van der Waals surface area contributed by atoms with Gasteiger partial charge in [-0.25, -0.2) is 0 Å². The lowest BCUT2D eigenvalue weighted by molar-refractivity contribution is -0.164. The Morgan fingerprint density at radius 2 is 1.00 bits per heavy atom. The van der Waals surface area contributed by atoms with E-state index in [-0.39, 0.29) is 17.3 Å². The number of carbonyl (C=O) groups is 1. The highest BCUT2D eigenvalue weighted by atomic mass is 35.5. The normalized spacial score (nSPS) is 12.8. The Hall–Kier alpha value is -1.93. The van der Waals surface area contributed by atoms with Gasteiger partial charge in [-0.2, -0.15) is 17.6 Å². The summed E-state index contributed by atoms with van der Waals surface area (Å²) >= 11 is 20.6. The third-order valence-corrected chi connectivity index (χ3v) is 4.67. The van der Waals surface area contributed by atoms with E-state index in [0.717, 1.165) is 0 Å². The summed E-state index contributed by atoms with van der Waals surface area (Å²) in [6.07, 6.45) is -2.05. The summed E-state index contributed by atoms with van der Waals surface area (Å²) in [6.45, 7) is 0. The van der Waals surface area contributed by atoms with Crippen LogP contribution in [0.4, 0.5) is 17.6 Å². The topological polar surface area (TPSA) is 35.5 Å². The number of hydrogen-bond acceptors (Lipinski definition) is 3. The first-order valence-electron chi connectivity index (χ1n) is 8.69. The minimum Gasteiger partial charge on any atom is -0.431 e. The zero-order chi connectivity index (χ0) is 23.9. The summed E-state index contributed by atoms with van der Waals surface area (Å²) in [5, 5.41) is 0. The van der Waals surface area contributed by atoms with Crippen molar-refractivity contribution in [3.05, 3.63) is 71.8 Å². The van der Waals surface area contributed by atoms with E-state index in [1.54, 1.807) is 0 Å². The molecular formula is C21H14Cl4F4O3. The molecule has 0 radical (unpaired) electrons. The molecule has 0 amide bonds. The van der Waals surface area contributed by atoms with Crippen molar-refractivity contribution >= 4 is 64.3 Å². The third kappa shape index (κ3) is 8.20. The van der Waals surface area contributed by atoms with Crippen LogP contribution in [0, 0.1) is 0 Å². The van der Waals surface area contributed by atoms with Crippen molar-refractivity contribution in [3.63, 3.8) is 0 Å². The van der Waals surface area contributed by atoms with Crippen molar-refractivity contribution < 1.29 is 31.8 Å². The average Bonchev–Trinajstić information content (AvgIpc) is 2.72. The molecule has 0 unspecified atom stereocenters. The van der Waals surface area contributed by atoms with E-state index >= 15 is 0 Å². The first-order chi connectivity index (χ1) is 14.9. The highest BCUT2D eigenvalue weighted by Gasteiger charge is 2.40. The second-order valence-electron chi connectivity index (χ2n) is 6.14. The van der Waals surface area contributed by atoms with Crippen LogP contribution in [0.1, 0.15) is 11.1 Å². The molecule has 0 aliphatic heterocycles. The molecular weight excluding hydrogens is 518 g/mol. The van der Waals surface area contributed by atoms with Crippen molar-refractivity contribution in [3.8, 4) is 11.5 Å². The minimum absolute atomic E-state index is 0.150. The SMILES string of the molecule is O=C(/C=C/c1ccc(OC(F)(F)C(Cl)Cl)cc1)/C=C/c1ccc(OC(F)(F)C(Cl)Cl)cc1. The molecule has 32 heavy (non-hydrogen) atoms. The maximum atomic E-state index is 13.3. The van der Waals surface area contributed by atoms with Gasteiger partial charge in [0, 0.05) is 0 Å². The first kappa shape index (κ1) is 26.3. The molecule has 3 nitrogen and oxygen atoms in total. The van der Waals surface area contributed by atoms with Gasteiger partial charge < -0.3 is 9.47 Å². The number of allylic oxidation sites excluding steroid dienone is 2. The van der Waals surface area contributed by atoms with Gasteiger partial charge >= 0.3 is 12.2 Å². The molecule has 0 saturated carbocycles. The zero-order valence-electron chi connectivity index (χ0n) is 15.8. The number of benzene rings is 2. The molecule has 0 spiro atoms. The van der Waals surface area contributed by atoms with Gasteiger partial charge in [0.1, 0.15) is 11.5 Å². The molecule has 0 N–H and O–H groups in total. The molecule has 0 aromatic heterocycles. The van der Waals surface area contributed by atoms with Crippen molar-refractivity contribution in [1.29, 1.82) is 0 Å². The van der Waals surface area contributed by atoms with Gasteiger partial charge in [-0.3, -0.25) is 4.79 Å². The van der Waals surface area contributed by atoms with Gasteiger partial charge in [0.05, 0.1) is 0 Å². The summed E-state index contributed by atoms with van der Waals surface area (Å²) in [5.74, 6) is -0.673. The summed E-state index contributed by atoms with van der Waals surface area (Å²) in [4.78, 5) is 7.91. The molecule has 0 atom stereocenters. The maximum absolute atomic E-state index is 13.3. The third-order valence-electron chi connectivity index (χ3n) is 3.66. The van der Waals surface area contributed by atoms with E-state index in [2.05, 4.69) is 9.47 Å². The monoisotopic (exact) mass is 530 g/mol. The molecule has 172 valence electrons. The molecule has 0 fully saturated rings. The predicted molar refractivity (Wildman–Crippen MR) is 118 cm³/mol. The van der Waals surface area contributed by atoms with Crippen LogP contribution in [-0.2, 0) is 4.79 Å². The standard InChI is InChI=1S/C21H14Cl4F4O3/c22-18(23)20(26,27)31-16-9-3-13(4-10-16)1-7-15(30)8-2-14-5-11-17(12-6-14)32-21(28,29)19(24)25/h1-12,18-19H/b7-1+,8-2+. The largest absolute Gasteiger partial charge is 0.431 e. The van der Waals surface area contributed by atoms with Crippen LogP contribution in [-0.4, -0.2) is 27.7 Å². The second kappa shape index (κ2) is 11.3. The zero-order valence-corrected chi connectivity index (χ0v) is 18.9. The minimum atomic E-state index is -3.75. The van der Waals surface area contributed by atoms with Crippen LogP contribution in [0.5, 0.6) is 11.5 Å². The van der Waals surface area contributed by atoms with Gasteiger partial charge in [0.15, 0.2) is 5.78 Å². The van der Waals surface area contributed by atoms with E-state index < -0.39 is 21.9 Å². The number of carbonyl (C=O) groups excluding carboxylic acids is 1. The molecule has 0 aliphatic rings. The Morgan fingerprint density at radius 3 is 1.28 bits per heavy atom. The Labute approximate surface area is 201 Å². The highest BCUT2D eigenvalue weighted by Crippen LogP contribution is 2.31. The van der Waals surface area contributed by atoms with Crippen molar-refractivity contribution in [2.45, 2.75) is 21.9 Å². The lowest BCUT2D eigenvalue weighted by Crippen LogP contribution is -2.32. The number of halogens is 8. The van der Waals surface area contributed by atoms with Crippen molar-refractivity contribution in [2.24, 2.45) is 0 Å². The average molecular weight is 532 g/mol. The molecule has 0 saturated heterocycles. The molecule has 0 aliphatic carbocycles. The summed E-state index contributed by atoms with van der Waals surface area (Å²) < 4.78 is 62.2. The van der Waals surface area contributed by atoms with Crippen LogP contribution < -0.4 is 9.47 Å². The Morgan fingerprint density at radius 1 is 0.688 bits per heavy atom. The van der Waals surface area contributed by atoms with Crippen LogP contribution in [0.2, 0.25) is 0 Å². The van der Waals surface area contributed by atoms with E-state index in [1.165, 1.54) is 72.8 Å². The fourth-order valence-corrected chi connectivity index (χ4v) is 2.29. The predicted octanol–water partition coefficient (Wildman–Crippen LogP) is 7.53. The lowest BCUT2D eigenvalue weighted by atomic mass is 10.1. The molecule has 2 rings (SSSR count). The Kier molecular flexibility index (Phi) is 9.28. The van der Waals surface area contributed by atoms with E-state index in [4.69, 9.17) is 46.4 Å². The Bertz CT molecular complexity index is 883. The summed E-state index contributed by atoms with van der Waals surface area (Å²) in [6, 6.07) is 10.9. The van der Waals surface area contributed by atoms with E-state index in [1.807, 2.05) is 0 Å². The summed E-state index contributed by atoms with van der Waals surface area (Å²) in [5.41, 5.74) is 1.10. The van der Waals surface area contributed by atoms with Gasteiger partial charge in [0.25, 0.3) is 0 Å². The van der Waals surface area contributed by atoms with Crippen LogP contribution >= 0.6 is 46.4 Å². The summed E-state index contributed by atoms with van der Waals surface area (Å²) in [7, 11) is 0. The van der Waals surface area contributed by atoms with Crippen molar-refractivity contribution in [1.82, 2.24) is 0 Å². The van der Waals surface area contributed by atoms with Gasteiger partial charge in [0.2, 0.25) is 9.67 Å². The first-order valence-corrected chi connectivity index (χ1v) is 10.4. The lowest BCUT2D eigenvalue weighted by Gasteiger charge is -2.18. The number of alkyl halides is 8. The number of hydrogen-bond donors (Lipinski definition) is 0. The van der Waals surface area contributed by atoms with Gasteiger partial charge in [-0.1, -0.05) is 82.8 Å². The smallest absolute Gasteiger partial charge is 0.428 e. The van der Waals surface area contributed by atoms with Gasteiger partial charge in [-0.05, 0) is 47.5 Å². The van der Waals surface area contributed by atoms with E-state index in [9.17, 15) is 22.4 Å². The quantitative estimate of drug-likeness (QED) is 0.180. The van der Waals surface area contributed by atoms with Crippen LogP contribution in [0.25, 0.3) is 12.2 Å². The molecule has 0 bridgehead atoms. The van der Waals surface area contributed by atoms with Crippen LogP contribution in [0.3, 0.4) is 0 Å². The Balaban J connectivity index is 1.93. The molecule has 0 heterocycles.